The first-order chi connectivity index (χ1) is 20.6. The van der Waals surface area contributed by atoms with Gasteiger partial charge in [-0.25, -0.2) is 4.79 Å². The standard InChI is InChI=1S/C32H43ClN2O9/c1-17(2)29(37)43-25-15-26(36)35(6)21-13-20(14-22(40-7)27(21)33)12-18(3)10-9-11-24(41-8)32(39)16-23(42-30(38)34-32)19(4)28-31(25,5)44-28/h9-11,13-14,17,19,23-25,28,39H,12,15-16H2,1-8H3,(H,34,38)/b11-9?,18-10-/t19-,23+,24-,25+,28+,31+,32+/m1/s1. The van der Waals surface area contributed by atoms with E-state index >= 15 is 0 Å². The van der Waals surface area contributed by atoms with Gasteiger partial charge < -0.3 is 33.7 Å². The monoisotopic (exact) mass is 634 g/mol. The molecule has 2 amide bonds. The van der Waals surface area contributed by atoms with E-state index in [-0.39, 0.29) is 23.8 Å². The van der Waals surface area contributed by atoms with Gasteiger partial charge in [-0.1, -0.05) is 56.2 Å². The number of allylic oxidation sites excluding steroid dienone is 3. The molecular formula is C32H43ClN2O9. The first-order valence-electron chi connectivity index (χ1n) is 14.7. The van der Waals surface area contributed by atoms with E-state index in [2.05, 4.69) is 5.32 Å². The number of carbonyl (C=O) groups excluding carboxylic acids is 3. The third kappa shape index (κ3) is 6.91. The predicted octanol–water partition coefficient (Wildman–Crippen LogP) is 4.32. The van der Waals surface area contributed by atoms with Crippen molar-refractivity contribution in [2.45, 2.75) is 89.6 Å². The summed E-state index contributed by atoms with van der Waals surface area (Å²) in [5.74, 6) is -1.30. The van der Waals surface area contributed by atoms with Gasteiger partial charge in [-0.15, -0.1) is 0 Å². The predicted molar refractivity (Wildman–Crippen MR) is 164 cm³/mol. The number of amides is 2. The van der Waals surface area contributed by atoms with Crippen molar-refractivity contribution in [1.29, 1.82) is 0 Å². The maximum atomic E-state index is 13.8. The van der Waals surface area contributed by atoms with E-state index in [1.54, 1.807) is 40.0 Å². The van der Waals surface area contributed by atoms with Crippen molar-refractivity contribution in [2.24, 2.45) is 11.8 Å². The van der Waals surface area contributed by atoms with Crippen molar-refractivity contribution in [3.05, 3.63) is 46.5 Å². The van der Waals surface area contributed by atoms with Gasteiger partial charge in [-0.3, -0.25) is 14.9 Å². The molecule has 3 heterocycles. The minimum absolute atomic E-state index is 0.00361. The molecular weight excluding hydrogens is 592 g/mol. The Labute approximate surface area is 263 Å². The van der Waals surface area contributed by atoms with Gasteiger partial charge in [-0.2, -0.15) is 0 Å². The number of hydrogen-bond acceptors (Lipinski definition) is 9. The lowest BCUT2D eigenvalue weighted by molar-refractivity contribution is -0.157. The lowest BCUT2D eigenvalue weighted by Gasteiger charge is -2.42. The number of ether oxygens (including phenoxy) is 5. The van der Waals surface area contributed by atoms with Crippen LogP contribution in [0.1, 0.15) is 53.0 Å². The number of benzene rings is 1. The van der Waals surface area contributed by atoms with Gasteiger partial charge in [0.1, 0.15) is 34.7 Å². The van der Waals surface area contributed by atoms with Gasteiger partial charge in [0.2, 0.25) is 5.91 Å². The fourth-order valence-electron chi connectivity index (χ4n) is 5.88. The van der Waals surface area contributed by atoms with Crippen LogP contribution in [0.2, 0.25) is 5.02 Å². The summed E-state index contributed by atoms with van der Waals surface area (Å²) >= 11 is 6.68. The second kappa shape index (κ2) is 13.1. The molecule has 0 saturated carbocycles. The van der Waals surface area contributed by atoms with Crippen LogP contribution in [0.5, 0.6) is 5.75 Å². The average molecular weight is 635 g/mol. The van der Waals surface area contributed by atoms with E-state index in [9.17, 15) is 19.5 Å². The number of epoxide rings is 1. The number of carbonyl (C=O) groups is 3. The zero-order valence-corrected chi connectivity index (χ0v) is 27.3. The molecule has 4 bridgehead atoms. The Morgan fingerprint density at radius 1 is 1.25 bits per heavy atom. The van der Waals surface area contributed by atoms with Crippen LogP contribution in [-0.4, -0.2) is 80.1 Å². The molecule has 0 aliphatic carbocycles. The highest BCUT2D eigenvalue weighted by Gasteiger charge is 2.64. The second-order valence-corrected chi connectivity index (χ2v) is 12.8. The van der Waals surface area contributed by atoms with Gasteiger partial charge in [0.15, 0.2) is 5.72 Å². The van der Waals surface area contributed by atoms with Crippen LogP contribution in [0.3, 0.4) is 0 Å². The largest absolute Gasteiger partial charge is 0.495 e. The van der Waals surface area contributed by atoms with Crippen molar-refractivity contribution < 1.29 is 43.2 Å². The molecule has 2 fully saturated rings. The number of hydrogen-bond donors (Lipinski definition) is 2. The lowest BCUT2D eigenvalue weighted by atomic mass is 9.83. The van der Waals surface area contributed by atoms with Gasteiger partial charge >= 0.3 is 12.1 Å². The molecule has 44 heavy (non-hydrogen) atoms. The normalized spacial score (nSPS) is 33.9. The number of anilines is 1. The van der Waals surface area contributed by atoms with Crippen molar-refractivity contribution in [1.82, 2.24) is 5.32 Å². The molecule has 0 radical (unpaired) electrons. The molecule has 3 aliphatic heterocycles. The van der Waals surface area contributed by atoms with Gasteiger partial charge in [0, 0.05) is 26.5 Å². The maximum absolute atomic E-state index is 13.8. The second-order valence-electron chi connectivity index (χ2n) is 12.4. The van der Waals surface area contributed by atoms with E-state index < -0.39 is 59.6 Å². The number of methoxy groups -OCH3 is 2. The molecule has 0 unspecified atom stereocenters. The molecule has 7 atom stereocenters. The molecule has 4 rings (SSSR count). The summed E-state index contributed by atoms with van der Waals surface area (Å²) in [7, 11) is 4.56. The van der Waals surface area contributed by atoms with Gasteiger partial charge in [0.05, 0.1) is 31.2 Å². The number of esters is 1. The zero-order chi connectivity index (χ0) is 32.6. The molecule has 2 saturated heterocycles. The highest BCUT2D eigenvalue weighted by Crippen LogP contribution is 2.49. The first-order valence-corrected chi connectivity index (χ1v) is 15.1. The Hall–Kier alpha value is -3.12. The van der Waals surface area contributed by atoms with Crippen LogP contribution in [0.4, 0.5) is 10.5 Å². The van der Waals surface area contributed by atoms with E-state index in [1.165, 1.54) is 19.1 Å². The fraction of sp³-hybridized carbons (Fsp3) is 0.594. The summed E-state index contributed by atoms with van der Waals surface area (Å²) in [5.41, 5.74) is -0.587. The molecule has 2 N–H and O–H groups in total. The third-order valence-corrected chi connectivity index (χ3v) is 9.06. The number of aliphatic hydroxyl groups is 1. The topological polar surface area (TPSA) is 136 Å². The quantitative estimate of drug-likeness (QED) is 0.366. The zero-order valence-electron chi connectivity index (χ0n) is 26.5. The van der Waals surface area contributed by atoms with Crippen molar-refractivity contribution in [3.8, 4) is 5.75 Å². The molecule has 0 spiro atoms. The summed E-state index contributed by atoms with van der Waals surface area (Å²) in [5, 5.41) is 14.4. The lowest BCUT2D eigenvalue weighted by Crippen LogP contribution is -2.63. The fourth-order valence-corrected chi connectivity index (χ4v) is 6.19. The summed E-state index contributed by atoms with van der Waals surface area (Å²) in [6.07, 6.45) is 1.65. The molecule has 11 nitrogen and oxygen atoms in total. The van der Waals surface area contributed by atoms with Crippen LogP contribution in [0, 0.1) is 11.8 Å². The molecule has 3 aliphatic rings. The van der Waals surface area contributed by atoms with Crippen molar-refractivity contribution >= 4 is 35.3 Å². The highest BCUT2D eigenvalue weighted by molar-refractivity contribution is 6.35. The Kier molecular flexibility index (Phi) is 10.0. The molecule has 1 aromatic rings. The smallest absolute Gasteiger partial charge is 0.409 e. The average Bonchev–Trinajstić information content (AvgIpc) is 3.66. The highest BCUT2D eigenvalue weighted by atomic mass is 35.5. The number of nitrogens with zero attached hydrogens (tertiary/aromatic N) is 1. The first kappa shape index (κ1) is 33.8. The molecule has 0 aromatic heterocycles. The third-order valence-electron chi connectivity index (χ3n) is 8.68. The van der Waals surface area contributed by atoms with E-state index in [4.69, 9.17) is 35.3 Å². The van der Waals surface area contributed by atoms with Crippen molar-refractivity contribution in [2.75, 3.05) is 26.2 Å². The Morgan fingerprint density at radius 3 is 2.59 bits per heavy atom. The Balaban J connectivity index is 1.80. The number of alkyl carbamates (subject to hydrolysis) is 1. The van der Waals surface area contributed by atoms with E-state index in [0.29, 0.717) is 17.9 Å². The summed E-state index contributed by atoms with van der Waals surface area (Å²) in [6, 6.07) is 3.63. The minimum atomic E-state index is -1.77. The molecule has 242 valence electrons. The Morgan fingerprint density at radius 2 is 1.95 bits per heavy atom. The summed E-state index contributed by atoms with van der Waals surface area (Å²) < 4.78 is 28.8. The number of fused-ring (bicyclic) bond motifs is 5. The summed E-state index contributed by atoms with van der Waals surface area (Å²) in [4.78, 5) is 40.7. The Bertz CT molecular complexity index is 1350. The van der Waals surface area contributed by atoms with Crippen LogP contribution < -0.4 is 15.0 Å². The van der Waals surface area contributed by atoms with Crippen LogP contribution in [0.25, 0.3) is 0 Å². The molecule has 12 heteroatoms. The van der Waals surface area contributed by atoms with E-state index in [0.717, 1.165) is 11.1 Å². The summed E-state index contributed by atoms with van der Waals surface area (Å²) in [6.45, 7) is 8.95. The van der Waals surface area contributed by atoms with Crippen LogP contribution in [-0.2, 0) is 35.0 Å². The number of halogens is 1. The van der Waals surface area contributed by atoms with Crippen LogP contribution >= 0.6 is 11.6 Å². The van der Waals surface area contributed by atoms with Crippen molar-refractivity contribution in [3.63, 3.8) is 0 Å². The van der Waals surface area contributed by atoms with E-state index in [1.807, 2.05) is 32.1 Å². The minimum Gasteiger partial charge on any atom is -0.495 e. The van der Waals surface area contributed by atoms with Crippen LogP contribution in [0.15, 0.2) is 35.9 Å². The van der Waals surface area contributed by atoms with Gasteiger partial charge in [0.25, 0.3) is 0 Å². The number of nitrogens with one attached hydrogen (secondary N) is 1. The maximum Gasteiger partial charge on any atom is 0.409 e. The molecule has 1 aromatic carbocycles. The van der Waals surface area contributed by atoms with Gasteiger partial charge in [-0.05, 0) is 38.0 Å². The number of rotatable bonds is 4. The SMILES string of the molecule is COc1cc2cc(c1Cl)N(C)C(=O)C[C@H](OC(=O)C(C)C)[C@]1(C)O[C@H]1[C@H](C)[C@@H]1C[C@@](O)(NC(=O)O1)[C@H](OC)C=C/C=C(/C)C2.